The van der Waals surface area contributed by atoms with Crippen LogP contribution in [0.1, 0.15) is 0 Å². The Morgan fingerprint density at radius 3 is 3.00 bits per heavy atom. The van der Waals surface area contributed by atoms with Crippen molar-refractivity contribution >= 4 is 21.9 Å². The van der Waals surface area contributed by atoms with E-state index >= 15 is 0 Å². The average Bonchev–Trinajstić information content (AvgIpc) is 2.59. The fourth-order valence-electron chi connectivity index (χ4n) is 0.839. The van der Waals surface area contributed by atoms with Crippen LogP contribution in [0.25, 0.3) is 0 Å². The number of halogens is 1. The number of aromatic nitrogens is 2. The van der Waals surface area contributed by atoms with Crippen LogP contribution in [-0.4, -0.2) is 34.3 Å². The number of ether oxygens (including phenoxy) is 2. The summed E-state index contributed by atoms with van der Waals surface area (Å²) in [5.74, 6) is 0.273. The minimum atomic E-state index is -0.451. The van der Waals surface area contributed by atoms with E-state index in [9.17, 15) is 4.79 Å². The highest BCUT2D eigenvalue weighted by molar-refractivity contribution is 9.10. The summed E-state index contributed by atoms with van der Waals surface area (Å²) in [4.78, 5) is 10.5. The second-order valence-corrected chi connectivity index (χ2v) is 3.76. The summed E-state index contributed by atoms with van der Waals surface area (Å²) in [7, 11) is 3.12. The average molecular weight is 263 g/mol. The maximum Gasteiger partial charge on any atom is 0.322 e. The summed E-state index contributed by atoms with van der Waals surface area (Å²) in [6.07, 6.45) is 3.30. The van der Waals surface area contributed by atoms with Crippen LogP contribution in [0.4, 0.5) is 0 Å². The zero-order valence-corrected chi connectivity index (χ0v) is 9.52. The second-order valence-electron chi connectivity index (χ2n) is 2.65. The lowest BCUT2D eigenvalue weighted by Gasteiger charge is -2.07. The molecule has 0 bridgehead atoms. The lowest BCUT2D eigenvalue weighted by Crippen LogP contribution is -2.22. The highest BCUT2D eigenvalue weighted by atomic mass is 79.9. The zero-order valence-electron chi connectivity index (χ0n) is 7.94. The van der Waals surface area contributed by atoms with Crippen LogP contribution in [0.3, 0.4) is 0 Å². The third kappa shape index (κ3) is 3.02. The molecule has 1 unspecified atom stereocenters. The van der Waals surface area contributed by atoms with Crippen LogP contribution in [0.2, 0.25) is 0 Å². The van der Waals surface area contributed by atoms with Gasteiger partial charge in [-0.2, -0.15) is 5.10 Å². The zero-order chi connectivity index (χ0) is 10.6. The van der Waals surface area contributed by atoms with Crippen molar-refractivity contribution < 1.29 is 14.3 Å². The van der Waals surface area contributed by atoms with E-state index in [2.05, 4.69) is 25.8 Å². The first-order chi connectivity index (χ1) is 6.63. The number of methoxy groups -OCH3 is 1. The van der Waals surface area contributed by atoms with Gasteiger partial charge in [-0.05, 0) is 0 Å². The predicted octanol–water partition coefficient (Wildman–Crippen LogP) is 0.735. The molecule has 0 aromatic carbocycles. The van der Waals surface area contributed by atoms with Crippen LogP contribution < -0.4 is 4.74 Å². The number of carbonyl (C=O) groups excluding carboxylic acids is 1. The topological polar surface area (TPSA) is 53.4 Å². The molecule has 0 N–H and O–H groups in total. The fourth-order valence-corrected chi connectivity index (χ4v) is 1.16. The Balaban J connectivity index is 2.37. The van der Waals surface area contributed by atoms with E-state index in [1.165, 1.54) is 7.11 Å². The van der Waals surface area contributed by atoms with Gasteiger partial charge in [0.2, 0.25) is 0 Å². The summed E-state index contributed by atoms with van der Waals surface area (Å²) in [6, 6.07) is 0. The molecule has 0 amide bonds. The molecular weight excluding hydrogens is 252 g/mol. The minimum absolute atomic E-state index is 0.221. The molecule has 0 aliphatic carbocycles. The molecule has 0 radical (unpaired) electrons. The van der Waals surface area contributed by atoms with Crippen molar-refractivity contribution in [3.63, 3.8) is 0 Å². The van der Waals surface area contributed by atoms with Gasteiger partial charge in [-0.15, -0.1) is 0 Å². The summed E-state index contributed by atoms with van der Waals surface area (Å²) >= 11 is 3.14. The summed E-state index contributed by atoms with van der Waals surface area (Å²) < 4.78 is 11.4. The summed E-state index contributed by atoms with van der Waals surface area (Å²) in [5, 5.41) is 3.92. The third-order valence-electron chi connectivity index (χ3n) is 1.53. The first-order valence-electron chi connectivity index (χ1n) is 3.97. The van der Waals surface area contributed by atoms with Crippen LogP contribution in [0.15, 0.2) is 12.4 Å². The van der Waals surface area contributed by atoms with E-state index in [1.807, 2.05) is 0 Å². The molecule has 78 valence electrons. The number of carbonyl (C=O) groups is 1. The normalized spacial score (nSPS) is 12.2. The molecule has 0 fully saturated rings. The van der Waals surface area contributed by atoms with Gasteiger partial charge in [0, 0.05) is 7.05 Å². The van der Waals surface area contributed by atoms with E-state index in [0.29, 0.717) is 5.75 Å². The fraction of sp³-hybridized carbons (Fsp3) is 0.500. The molecule has 14 heavy (non-hydrogen) atoms. The Morgan fingerprint density at radius 2 is 2.50 bits per heavy atom. The van der Waals surface area contributed by atoms with Crippen molar-refractivity contribution in [2.45, 2.75) is 4.83 Å². The first kappa shape index (κ1) is 11.0. The molecule has 1 aromatic heterocycles. The SMILES string of the molecule is COC(=O)C(Br)COc1cnn(C)c1. The largest absolute Gasteiger partial charge is 0.489 e. The maximum absolute atomic E-state index is 11.0. The summed E-state index contributed by atoms with van der Waals surface area (Å²) in [5.41, 5.74) is 0. The van der Waals surface area contributed by atoms with Crippen molar-refractivity contribution in [2.75, 3.05) is 13.7 Å². The van der Waals surface area contributed by atoms with Gasteiger partial charge in [-0.25, -0.2) is 0 Å². The number of nitrogens with zero attached hydrogens (tertiary/aromatic N) is 2. The van der Waals surface area contributed by atoms with Crippen molar-refractivity contribution in [2.24, 2.45) is 7.05 Å². The van der Waals surface area contributed by atoms with Gasteiger partial charge in [-0.1, -0.05) is 15.9 Å². The van der Waals surface area contributed by atoms with Gasteiger partial charge >= 0.3 is 5.97 Å². The molecule has 1 aromatic rings. The molecule has 5 nitrogen and oxygen atoms in total. The van der Waals surface area contributed by atoms with Crippen molar-refractivity contribution in [1.29, 1.82) is 0 Å². The quantitative estimate of drug-likeness (QED) is 0.593. The second kappa shape index (κ2) is 4.99. The van der Waals surface area contributed by atoms with Crippen LogP contribution in [0, 0.1) is 0 Å². The lowest BCUT2D eigenvalue weighted by atomic mass is 10.4. The van der Waals surface area contributed by atoms with E-state index in [-0.39, 0.29) is 12.6 Å². The van der Waals surface area contributed by atoms with Crippen LogP contribution in [-0.2, 0) is 16.6 Å². The van der Waals surface area contributed by atoms with Crippen molar-refractivity contribution in [3.8, 4) is 5.75 Å². The Labute approximate surface area is 90.1 Å². The van der Waals surface area contributed by atoms with Gasteiger partial charge in [0.05, 0.1) is 19.5 Å². The molecule has 0 aliphatic rings. The van der Waals surface area contributed by atoms with Gasteiger partial charge in [0.25, 0.3) is 0 Å². The predicted molar refractivity (Wildman–Crippen MR) is 53.4 cm³/mol. The number of hydrogen-bond donors (Lipinski definition) is 0. The molecule has 1 rings (SSSR count). The van der Waals surface area contributed by atoms with E-state index in [4.69, 9.17) is 4.74 Å². The highest BCUT2D eigenvalue weighted by Gasteiger charge is 2.15. The van der Waals surface area contributed by atoms with E-state index in [1.54, 1.807) is 24.1 Å². The van der Waals surface area contributed by atoms with Crippen LogP contribution >= 0.6 is 15.9 Å². The molecule has 0 spiro atoms. The van der Waals surface area contributed by atoms with E-state index in [0.717, 1.165) is 0 Å². The molecule has 0 saturated heterocycles. The Bertz CT molecular complexity index is 313. The Kier molecular flexibility index (Phi) is 3.94. The molecular formula is C8H11BrN2O3. The minimum Gasteiger partial charge on any atom is -0.489 e. The number of esters is 1. The van der Waals surface area contributed by atoms with Gasteiger partial charge in [0.1, 0.15) is 11.4 Å². The standard InChI is InChI=1S/C8H11BrN2O3/c1-11-4-6(3-10-11)14-5-7(9)8(12)13-2/h3-4,7H,5H2,1-2H3. The third-order valence-corrected chi connectivity index (χ3v) is 2.17. The van der Waals surface area contributed by atoms with Crippen molar-refractivity contribution in [1.82, 2.24) is 9.78 Å². The van der Waals surface area contributed by atoms with Crippen LogP contribution in [0.5, 0.6) is 5.75 Å². The van der Waals surface area contributed by atoms with Gasteiger partial charge in [-0.3, -0.25) is 9.48 Å². The number of rotatable bonds is 4. The van der Waals surface area contributed by atoms with Crippen molar-refractivity contribution in [3.05, 3.63) is 12.4 Å². The number of aryl methyl sites for hydroxylation is 1. The smallest absolute Gasteiger partial charge is 0.322 e. The van der Waals surface area contributed by atoms with Gasteiger partial charge in [0.15, 0.2) is 5.75 Å². The Hall–Kier alpha value is -1.04. The molecule has 1 atom stereocenters. The molecule has 6 heteroatoms. The highest BCUT2D eigenvalue weighted by Crippen LogP contribution is 2.10. The molecule has 0 aliphatic heterocycles. The summed E-state index contributed by atoms with van der Waals surface area (Å²) in [6.45, 7) is 0.221. The molecule has 1 heterocycles. The lowest BCUT2D eigenvalue weighted by molar-refractivity contribution is -0.140. The van der Waals surface area contributed by atoms with Gasteiger partial charge < -0.3 is 9.47 Å². The first-order valence-corrected chi connectivity index (χ1v) is 4.88. The molecule has 0 saturated carbocycles. The Morgan fingerprint density at radius 1 is 1.79 bits per heavy atom. The monoisotopic (exact) mass is 262 g/mol. The maximum atomic E-state index is 11.0. The van der Waals surface area contributed by atoms with E-state index < -0.39 is 4.83 Å². The number of alkyl halides is 1. The number of hydrogen-bond acceptors (Lipinski definition) is 4.